The van der Waals surface area contributed by atoms with Crippen molar-refractivity contribution in [2.75, 3.05) is 19.7 Å². The fourth-order valence-corrected chi connectivity index (χ4v) is 2.13. The number of carbonyl (C=O) groups is 2. The number of nitrogens with zero attached hydrogens (tertiary/aromatic N) is 1. The van der Waals surface area contributed by atoms with Gasteiger partial charge in [0.2, 0.25) is 0 Å². The normalized spacial score (nSPS) is 19.2. The monoisotopic (exact) mass is 263 g/mol. The topological polar surface area (TPSA) is 66.8 Å². The number of carbonyl (C=O) groups excluding carboxylic acids is 1. The molecule has 0 aromatic heterocycles. The summed E-state index contributed by atoms with van der Waals surface area (Å²) in [5, 5.41) is 8.66. The predicted octanol–water partition coefficient (Wildman–Crippen LogP) is 1.39. The SMILES string of the molecule is O=C(O)CCC1CN(C(=O)c2ccccc2)CCO1. The average Bonchev–Trinajstić information content (AvgIpc) is 2.45. The van der Waals surface area contributed by atoms with E-state index in [4.69, 9.17) is 9.84 Å². The zero-order valence-electron chi connectivity index (χ0n) is 10.6. The first-order chi connectivity index (χ1) is 9.16. The summed E-state index contributed by atoms with van der Waals surface area (Å²) >= 11 is 0. The lowest BCUT2D eigenvalue weighted by molar-refractivity contribution is -0.138. The van der Waals surface area contributed by atoms with Gasteiger partial charge in [0.05, 0.1) is 12.7 Å². The van der Waals surface area contributed by atoms with Crippen molar-refractivity contribution in [3.8, 4) is 0 Å². The first-order valence-corrected chi connectivity index (χ1v) is 6.34. The van der Waals surface area contributed by atoms with Gasteiger partial charge in [-0.05, 0) is 18.6 Å². The van der Waals surface area contributed by atoms with Crippen LogP contribution in [-0.2, 0) is 9.53 Å². The second-order valence-corrected chi connectivity index (χ2v) is 4.54. The number of aliphatic carboxylic acids is 1. The van der Waals surface area contributed by atoms with Crippen molar-refractivity contribution < 1.29 is 19.4 Å². The maximum Gasteiger partial charge on any atom is 0.303 e. The van der Waals surface area contributed by atoms with Crippen LogP contribution in [0.15, 0.2) is 30.3 Å². The molecule has 1 aromatic rings. The van der Waals surface area contributed by atoms with Gasteiger partial charge in [0.15, 0.2) is 0 Å². The number of hydrogen-bond acceptors (Lipinski definition) is 3. The Balaban J connectivity index is 1.93. The Kier molecular flexibility index (Phi) is 4.52. The summed E-state index contributed by atoms with van der Waals surface area (Å²) in [6.45, 7) is 1.47. The maximum absolute atomic E-state index is 12.2. The third kappa shape index (κ3) is 3.79. The lowest BCUT2D eigenvalue weighted by Gasteiger charge is -2.32. The van der Waals surface area contributed by atoms with Crippen LogP contribution in [0.5, 0.6) is 0 Å². The molecule has 1 N–H and O–H groups in total. The summed E-state index contributed by atoms with van der Waals surface area (Å²) in [5.41, 5.74) is 0.654. The minimum Gasteiger partial charge on any atom is -0.481 e. The molecule has 2 rings (SSSR count). The van der Waals surface area contributed by atoms with Crippen molar-refractivity contribution in [3.63, 3.8) is 0 Å². The zero-order valence-corrected chi connectivity index (χ0v) is 10.6. The Morgan fingerprint density at radius 1 is 1.32 bits per heavy atom. The molecule has 1 aromatic carbocycles. The van der Waals surface area contributed by atoms with E-state index in [1.807, 2.05) is 18.2 Å². The highest BCUT2D eigenvalue weighted by Crippen LogP contribution is 2.13. The van der Waals surface area contributed by atoms with Gasteiger partial charge in [-0.3, -0.25) is 9.59 Å². The number of morpholine rings is 1. The molecule has 1 heterocycles. The summed E-state index contributed by atoms with van der Waals surface area (Å²) < 4.78 is 5.49. The molecule has 1 saturated heterocycles. The fraction of sp³-hybridized carbons (Fsp3) is 0.429. The number of carboxylic acid groups (broad SMARTS) is 1. The molecule has 1 aliphatic rings. The number of amides is 1. The van der Waals surface area contributed by atoms with E-state index in [0.717, 1.165) is 0 Å². The molecular formula is C14H17NO4. The van der Waals surface area contributed by atoms with Gasteiger partial charge in [0, 0.05) is 25.1 Å². The molecular weight excluding hydrogens is 246 g/mol. The van der Waals surface area contributed by atoms with Crippen molar-refractivity contribution >= 4 is 11.9 Å². The highest BCUT2D eigenvalue weighted by molar-refractivity contribution is 5.94. The Labute approximate surface area is 111 Å². The summed E-state index contributed by atoms with van der Waals surface area (Å²) in [5.74, 6) is -0.862. The molecule has 1 atom stereocenters. The molecule has 1 amide bonds. The van der Waals surface area contributed by atoms with E-state index in [-0.39, 0.29) is 18.4 Å². The Hall–Kier alpha value is -1.88. The Morgan fingerprint density at radius 2 is 2.05 bits per heavy atom. The van der Waals surface area contributed by atoms with Crippen LogP contribution in [0, 0.1) is 0 Å². The zero-order chi connectivity index (χ0) is 13.7. The van der Waals surface area contributed by atoms with E-state index in [1.165, 1.54) is 0 Å². The second kappa shape index (κ2) is 6.33. The van der Waals surface area contributed by atoms with E-state index < -0.39 is 5.97 Å². The van der Waals surface area contributed by atoms with Crippen LogP contribution in [0.2, 0.25) is 0 Å². The van der Waals surface area contributed by atoms with Crippen molar-refractivity contribution in [2.24, 2.45) is 0 Å². The lowest BCUT2D eigenvalue weighted by Crippen LogP contribution is -2.45. The van der Waals surface area contributed by atoms with Gasteiger partial charge in [-0.1, -0.05) is 18.2 Å². The number of rotatable bonds is 4. The van der Waals surface area contributed by atoms with Crippen LogP contribution in [0.4, 0.5) is 0 Å². The smallest absolute Gasteiger partial charge is 0.303 e. The van der Waals surface area contributed by atoms with E-state index >= 15 is 0 Å². The standard InChI is InChI=1S/C14H17NO4/c16-13(17)7-6-12-10-15(8-9-19-12)14(18)11-4-2-1-3-5-11/h1-5,12H,6-10H2,(H,16,17). The molecule has 0 radical (unpaired) electrons. The minimum atomic E-state index is -0.838. The third-order valence-electron chi connectivity index (χ3n) is 3.13. The molecule has 0 aliphatic carbocycles. The Morgan fingerprint density at radius 3 is 2.74 bits per heavy atom. The minimum absolute atomic E-state index is 0.0239. The molecule has 0 saturated carbocycles. The predicted molar refractivity (Wildman–Crippen MR) is 69.0 cm³/mol. The Bertz CT molecular complexity index is 446. The van der Waals surface area contributed by atoms with Crippen molar-refractivity contribution in [3.05, 3.63) is 35.9 Å². The summed E-state index contributed by atoms with van der Waals surface area (Å²) in [4.78, 5) is 24.5. The van der Waals surface area contributed by atoms with Crippen molar-refractivity contribution in [1.82, 2.24) is 4.90 Å². The lowest BCUT2D eigenvalue weighted by atomic mass is 10.1. The quantitative estimate of drug-likeness (QED) is 0.891. The van der Waals surface area contributed by atoms with Crippen LogP contribution in [-0.4, -0.2) is 47.7 Å². The molecule has 0 bridgehead atoms. The van der Waals surface area contributed by atoms with Gasteiger partial charge < -0.3 is 14.7 Å². The average molecular weight is 263 g/mol. The number of hydrogen-bond donors (Lipinski definition) is 1. The summed E-state index contributed by atoms with van der Waals surface area (Å²) in [6, 6.07) is 9.09. The van der Waals surface area contributed by atoms with Crippen LogP contribution >= 0.6 is 0 Å². The molecule has 0 spiro atoms. The van der Waals surface area contributed by atoms with Gasteiger partial charge in [0.1, 0.15) is 0 Å². The van der Waals surface area contributed by atoms with Gasteiger partial charge in [-0.15, -0.1) is 0 Å². The molecule has 102 valence electrons. The third-order valence-corrected chi connectivity index (χ3v) is 3.13. The molecule has 1 unspecified atom stereocenters. The molecule has 1 aliphatic heterocycles. The number of benzene rings is 1. The van der Waals surface area contributed by atoms with Gasteiger partial charge in [0.25, 0.3) is 5.91 Å². The van der Waals surface area contributed by atoms with E-state index in [1.54, 1.807) is 17.0 Å². The van der Waals surface area contributed by atoms with Crippen LogP contribution in [0.3, 0.4) is 0 Å². The van der Waals surface area contributed by atoms with Crippen LogP contribution in [0.25, 0.3) is 0 Å². The molecule has 19 heavy (non-hydrogen) atoms. The number of ether oxygens (including phenoxy) is 1. The maximum atomic E-state index is 12.2. The number of carboxylic acids is 1. The van der Waals surface area contributed by atoms with Gasteiger partial charge >= 0.3 is 5.97 Å². The van der Waals surface area contributed by atoms with E-state index in [0.29, 0.717) is 31.7 Å². The second-order valence-electron chi connectivity index (χ2n) is 4.54. The first kappa shape index (κ1) is 13.5. The molecule has 5 heteroatoms. The largest absolute Gasteiger partial charge is 0.481 e. The van der Waals surface area contributed by atoms with Gasteiger partial charge in [-0.25, -0.2) is 0 Å². The first-order valence-electron chi connectivity index (χ1n) is 6.34. The fourth-order valence-electron chi connectivity index (χ4n) is 2.13. The van der Waals surface area contributed by atoms with Crippen molar-refractivity contribution in [1.29, 1.82) is 0 Å². The summed E-state index contributed by atoms with van der Waals surface area (Å²) in [7, 11) is 0. The van der Waals surface area contributed by atoms with Crippen LogP contribution < -0.4 is 0 Å². The van der Waals surface area contributed by atoms with E-state index in [9.17, 15) is 9.59 Å². The van der Waals surface area contributed by atoms with E-state index in [2.05, 4.69) is 0 Å². The van der Waals surface area contributed by atoms with Crippen molar-refractivity contribution in [2.45, 2.75) is 18.9 Å². The molecule has 1 fully saturated rings. The highest BCUT2D eigenvalue weighted by atomic mass is 16.5. The molecule has 5 nitrogen and oxygen atoms in total. The van der Waals surface area contributed by atoms with Gasteiger partial charge in [-0.2, -0.15) is 0 Å². The highest BCUT2D eigenvalue weighted by Gasteiger charge is 2.25. The van der Waals surface area contributed by atoms with Crippen LogP contribution in [0.1, 0.15) is 23.2 Å². The summed E-state index contributed by atoms with van der Waals surface area (Å²) in [6.07, 6.45) is 0.323.